The summed E-state index contributed by atoms with van der Waals surface area (Å²) in [4.78, 5) is 1.30. The molecule has 2 unspecified atom stereocenters. The highest BCUT2D eigenvalue weighted by Gasteiger charge is 2.26. The highest BCUT2D eigenvalue weighted by molar-refractivity contribution is 7.98. The van der Waals surface area contributed by atoms with Crippen molar-refractivity contribution < 1.29 is 4.74 Å². The van der Waals surface area contributed by atoms with Gasteiger partial charge in [0, 0.05) is 24.1 Å². The third-order valence-electron chi connectivity index (χ3n) is 3.68. The Morgan fingerprint density at radius 3 is 2.17 bits per heavy atom. The van der Waals surface area contributed by atoms with Crippen LogP contribution in [0.25, 0.3) is 0 Å². The molecular formula is C15H25NOS. The van der Waals surface area contributed by atoms with E-state index in [1.807, 2.05) is 0 Å². The molecule has 0 saturated carbocycles. The molecule has 1 rings (SSSR count). The van der Waals surface area contributed by atoms with Gasteiger partial charge in [0.2, 0.25) is 0 Å². The Morgan fingerprint density at radius 2 is 1.72 bits per heavy atom. The van der Waals surface area contributed by atoms with Gasteiger partial charge in [0.05, 0.1) is 5.60 Å². The minimum Gasteiger partial charge on any atom is -0.377 e. The fraction of sp³-hybridized carbons (Fsp3) is 0.600. The number of thioether (sulfide) groups is 1. The van der Waals surface area contributed by atoms with Gasteiger partial charge in [-0.25, -0.2) is 0 Å². The third-order valence-corrected chi connectivity index (χ3v) is 4.43. The van der Waals surface area contributed by atoms with E-state index in [1.165, 1.54) is 10.5 Å². The first kappa shape index (κ1) is 15.5. The van der Waals surface area contributed by atoms with E-state index in [0.717, 1.165) is 0 Å². The van der Waals surface area contributed by atoms with Crippen molar-refractivity contribution >= 4 is 11.8 Å². The number of methoxy groups -OCH3 is 1. The van der Waals surface area contributed by atoms with Gasteiger partial charge in [-0.05, 0) is 51.6 Å². The molecule has 0 saturated heterocycles. The molecule has 102 valence electrons. The fourth-order valence-electron chi connectivity index (χ4n) is 1.74. The number of ether oxygens (including phenoxy) is 1. The Morgan fingerprint density at radius 1 is 1.17 bits per heavy atom. The van der Waals surface area contributed by atoms with Gasteiger partial charge < -0.3 is 10.1 Å². The Hall–Kier alpha value is -0.510. The molecule has 18 heavy (non-hydrogen) atoms. The van der Waals surface area contributed by atoms with Gasteiger partial charge in [0.1, 0.15) is 0 Å². The molecule has 0 aliphatic rings. The van der Waals surface area contributed by atoms with Crippen LogP contribution < -0.4 is 5.32 Å². The second-order valence-corrected chi connectivity index (χ2v) is 6.07. The lowest BCUT2D eigenvalue weighted by Gasteiger charge is -2.33. The van der Waals surface area contributed by atoms with Crippen molar-refractivity contribution in [3.63, 3.8) is 0 Å². The molecule has 0 radical (unpaired) electrons. The largest absolute Gasteiger partial charge is 0.377 e. The molecule has 0 aliphatic carbocycles. The van der Waals surface area contributed by atoms with E-state index < -0.39 is 0 Å². The van der Waals surface area contributed by atoms with Crippen LogP contribution in [0.15, 0.2) is 29.2 Å². The van der Waals surface area contributed by atoms with E-state index in [9.17, 15) is 0 Å². The second-order valence-electron chi connectivity index (χ2n) is 5.19. The molecule has 2 atom stereocenters. The number of nitrogens with one attached hydrogen (secondary N) is 1. The maximum Gasteiger partial charge on any atom is 0.0772 e. The zero-order chi connectivity index (χ0) is 13.8. The van der Waals surface area contributed by atoms with Crippen LogP contribution in [0.5, 0.6) is 0 Å². The predicted molar refractivity (Wildman–Crippen MR) is 80.3 cm³/mol. The van der Waals surface area contributed by atoms with Crippen molar-refractivity contribution in [1.29, 1.82) is 0 Å². The summed E-state index contributed by atoms with van der Waals surface area (Å²) in [5.41, 5.74) is 1.15. The van der Waals surface area contributed by atoms with E-state index in [0.29, 0.717) is 6.04 Å². The van der Waals surface area contributed by atoms with Crippen molar-refractivity contribution in [2.75, 3.05) is 13.4 Å². The first-order valence-electron chi connectivity index (χ1n) is 6.36. The summed E-state index contributed by atoms with van der Waals surface area (Å²) in [6, 6.07) is 9.34. The minimum atomic E-state index is -0.159. The van der Waals surface area contributed by atoms with Gasteiger partial charge in [-0.1, -0.05) is 12.1 Å². The van der Waals surface area contributed by atoms with E-state index in [1.54, 1.807) is 18.9 Å². The van der Waals surface area contributed by atoms with Crippen LogP contribution in [0.3, 0.4) is 0 Å². The summed E-state index contributed by atoms with van der Waals surface area (Å²) in [5, 5.41) is 3.59. The van der Waals surface area contributed by atoms with Crippen LogP contribution in [-0.2, 0) is 4.74 Å². The summed E-state index contributed by atoms with van der Waals surface area (Å²) in [6.45, 7) is 8.56. The fourth-order valence-corrected chi connectivity index (χ4v) is 2.15. The van der Waals surface area contributed by atoms with Crippen molar-refractivity contribution in [2.24, 2.45) is 0 Å². The van der Waals surface area contributed by atoms with Crippen molar-refractivity contribution in [3.05, 3.63) is 29.8 Å². The molecule has 1 aromatic rings. The lowest BCUT2D eigenvalue weighted by molar-refractivity contribution is -0.00764. The van der Waals surface area contributed by atoms with Crippen LogP contribution >= 0.6 is 11.8 Å². The lowest BCUT2D eigenvalue weighted by atomic mass is 9.98. The summed E-state index contributed by atoms with van der Waals surface area (Å²) < 4.78 is 5.51. The molecule has 0 fully saturated rings. The Balaban J connectivity index is 2.67. The van der Waals surface area contributed by atoms with Crippen molar-refractivity contribution in [1.82, 2.24) is 5.32 Å². The van der Waals surface area contributed by atoms with Crippen LogP contribution in [0.4, 0.5) is 0 Å². The number of benzene rings is 1. The number of hydrogen-bond acceptors (Lipinski definition) is 3. The normalized spacial score (nSPS) is 15.4. The standard InChI is InChI=1S/C15H25NOS/c1-11(16-12(2)15(3,4)17-5)13-7-9-14(18-6)10-8-13/h7-12,16H,1-6H3. The Kier molecular flexibility index (Phi) is 5.70. The first-order valence-corrected chi connectivity index (χ1v) is 7.58. The Bertz CT molecular complexity index is 361. The molecular weight excluding hydrogens is 242 g/mol. The first-order chi connectivity index (χ1) is 8.40. The van der Waals surface area contributed by atoms with Crippen LogP contribution in [0, 0.1) is 0 Å². The molecule has 3 heteroatoms. The molecule has 2 nitrogen and oxygen atoms in total. The number of hydrogen-bond donors (Lipinski definition) is 1. The Labute approximate surface area is 116 Å². The molecule has 0 amide bonds. The maximum atomic E-state index is 5.51. The van der Waals surface area contributed by atoms with Gasteiger partial charge in [-0.15, -0.1) is 11.8 Å². The van der Waals surface area contributed by atoms with Gasteiger partial charge in [-0.2, -0.15) is 0 Å². The summed E-state index contributed by atoms with van der Waals surface area (Å²) in [6.07, 6.45) is 2.10. The predicted octanol–water partition coefficient (Wildman–Crippen LogP) is 3.87. The summed E-state index contributed by atoms with van der Waals surface area (Å²) in [5.74, 6) is 0. The van der Waals surface area contributed by atoms with Gasteiger partial charge in [-0.3, -0.25) is 0 Å². The van der Waals surface area contributed by atoms with E-state index in [-0.39, 0.29) is 11.6 Å². The van der Waals surface area contributed by atoms with Crippen LogP contribution in [-0.4, -0.2) is 25.0 Å². The number of rotatable bonds is 6. The van der Waals surface area contributed by atoms with Crippen molar-refractivity contribution in [2.45, 2.75) is 50.3 Å². The SMILES string of the molecule is COC(C)(C)C(C)NC(C)c1ccc(SC)cc1. The summed E-state index contributed by atoms with van der Waals surface area (Å²) in [7, 11) is 1.76. The third kappa shape index (κ3) is 4.01. The average molecular weight is 267 g/mol. The molecule has 1 N–H and O–H groups in total. The molecule has 1 aromatic carbocycles. The van der Waals surface area contributed by atoms with Gasteiger partial charge in [0.15, 0.2) is 0 Å². The summed E-state index contributed by atoms with van der Waals surface area (Å²) >= 11 is 1.77. The van der Waals surface area contributed by atoms with E-state index >= 15 is 0 Å². The van der Waals surface area contributed by atoms with Crippen molar-refractivity contribution in [3.8, 4) is 0 Å². The molecule has 0 bridgehead atoms. The maximum absolute atomic E-state index is 5.51. The highest BCUT2D eigenvalue weighted by Crippen LogP contribution is 2.21. The zero-order valence-corrected chi connectivity index (χ0v) is 13.1. The monoisotopic (exact) mass is 267 g/mol. The molecule has 0 aliphatic heterocycles. The van der Waals surface area contributed by atoms with Gasteiger partial charge in [0.25, 0.3) is 0 Å². The van der Waals surface area contributed by atoms with E-state index in [4.69, 9.17) is 4.74 Å². The zero-order valence-electron chi connectivity index (χ0n) is 12.3. The average Bonchev–Trinajstić information content (AvgIpc) is 2.38. The second kappa shape index (κ2) is 6.60. The van der Waals surface area contributed by atoms with Crippen LogP contribution in [0.2, 0.25) is 0 Å². The smallest absolute Gasteiger partial charge is 0.0772 e. The quantitative estimate of drug-likeness (QED) is 0.791. The minimum absolute atomic E-state index is 0.159. The molecule has 0 heterocycles. The molecule has 0 aromatic heterocycles. The lowest BCUT2D eigenvalue weighted by Crippen LogP contribution is -2.46. The topological polar surface area (TPSA) is 21.3 Å². The highest BCUT2D eigenvalue weighted by atomic mass is 32.2. The van der Waals surface area contributed by atoms with Gasteiger partial charge >= 0.3 is 0 Å². The van der Waals surface area contributed by atoms with Crippen LogP contribution in [0.1, 0.15) is 39.3 Å². The molecule has 0 spiro atoms. The van der Waals surface area contributed by atoms with E-state index in [2.05, 4.69) is 63.5 Å².